The molecule has 0 radical (unpaired) electrons. The molecule has 0 aromatic carbocycles. The van der Waals surface area contributed by atoms with Crippen LogP contribution >= 0.6 is 0 Å². The van der Waals surface area contributed by atoms with Crippen LogP contribution in [0.5, 0.6) is 0 Å². The van der Waals surface area contributed by atoms with Gasteiger partial charge in [0.2, 0.25) is 0 Å². The van der Waals surface area contributed by atoms with E-state index in [0.717, 1.165) is 6.20 Å². The van der Waals surface area contributed by atoms with Crippen LogP contribution < -0.4 is 0 Å². The summed E-state index contributed by atoms with van der Waals surface area (Å²) in [6.45, 7) is -0.769. The lowest BCUT2D eigenvalue weighted by Gasteiger charge is -1.92. The summed E-state index contributed by atoms with van der Waals surface area (Å²) in [7, 11) is 0. The van der Waals surface area contributed by atoms with E-state index in [1.807, 2.05) is 0 Å². The number of aromatic nitrogens is 1. The third-order valence-corrected chi connectivity index (χ3v) is 1.00. The van der Waals surface area contributed by atoms with Crippen LogP contribution in [0.4, 0.5) is 8.78 Å². The SMILES string of the molecule is FCc1ccncc1F. The molecule has 0 saturated carbocycles. The summed E-state index contributed by atoms with van der Waals surface area (Å²) < 4.78 is 24.0. The van der Waals surface area contributed by atoms with Crippen molar-refractivity contribution in [1.82, 2.24) is 4.98 Å². The average molecular weight is 129 g/mol. The van der Waals surface area contributed by atoms with Crippen molar-refractivity contribution in [1.29, 1.82) is 0 Å². The maximum atomic E-state index is 12.3. The lowest BCUT2D eigenvalue weighted by Crippen LogP contribution is -1.85. The van der Waals surface area contributed by atoms with Gasteiger partial charge in [-0.2, -0.15) is 0 Å². The highest BCUT2D eigenvalue weighted by atomic mass is 19.1. The van der Waals surface area contributed by atoms with E-state index in [1.54, 1.807) is 0 Å². The molecule has 0 N–H and O–H groups in total. The predicted octanol–water partition coefficient (Wildman–Crippen LogP) is 1.69. The van der Waals surface area contributed by atoms with Crippen LogP contribution in [0.3, 0.4) is 0 Å². The van der Waals surface area contributed by atoms with Gasteiger partial charge in [-0.05, 0) is 6.07 Å². The summed E-state index contributed by atoms with van der Waals surface area (Å²) in [4.78, 5) is 3.45. The minimum absolute atomic E-state index is 0.0602. The Hall–Kier alpha value is -0.990. The van der Waals surface area contributed by atoms with Gasteiger partial charge in [0, 0.05) is 11.8 Å². The van der Waals surface area contributed by atoms with Crippen LogP contribution in [0, 0.1) is 5.82 Å². The van der Waals surface area contributed by atoms with Gasteiger partial charge in [-0.25, -0.2) is 8.78 Å². The number of alkyl halides is 1. The van der Waals surface area contributed by atoms with Gasteiger partial charge in [0.1, 0.15) is 12.5 Å². The van der Waals surface area contributed by atoms with Crippen LogP contribution in [-0.4, -0.2) is 4.98 Å². The number of hydrogen-bond acceptors (Lipinski definition) is 1. The van der Waals surface area contributed by atoms with Crippen LogP contribution in [0.15, 0.2) is 18.5 Å². The van der Waals surface area contributed by atoms with Crippen molar-refractivity contribution in [3.05, 3.63) is 29.8 Å². The fraction of sp³-hybridized carbons (Fsp3) is 0.167. The first-order valence-corrected chi connectivity index (χ1v) is 2.49. The zero-order chi connectivity index (χ0) is 6.69. The molecule has 0 aliphatic carbocycles. The monoisotopic (exact) mass is 129 g/mol. The summed E-state index contributed by atoms with van der Waals surface area (Å²) in [5, 5.41) is 0. The van der Waals surface area contributed by atoms with E-state index in [9.17, 15) is 8.78 Å². The van der Waals surface area contributed by atoms with Gasteiger partial charge in [0.25, 0.3) is 0 Å². The van der Waals surface area contributed by atoms with Crippen LogP contribution in [-0.2, 0) is 6.67 Å². The van der Waals surface area contributed by atoms with Gasteiger partial charge in [-0.15, -0.1) is 0 Å². The molecule has 0 amide bonds. The minimum Gasteiger partial charge on any atom is -0.262 e. The average Bonchev–Trinajstić information content (AvgIpc) is 1.89. The summed E-state index contributed by atoms with van der Waals surface area (Å²) in [5.74, 6) is -0.583. The lowest BCUT2D eigenvalue weighted by molar-refractivity contribution is 0.462. The third kappa shape index (κ3) is 1.22. The van der Waals surface area contributed by atoms with Gasteiger partial charge in [-0.1, -0.05) is 0 Å². The van der Waals surface area contributed by atoms with E-state index in [0.29, 0.717) is 0 Å². The first kappa shape index (κ1) is 6.13. The Labute approximate surface area is 51.3 Å². The van der Waals surface area contributed by atoms with E-state index in [1.165, 1.54) is 12.3 Å². The topological polar surface area (TPSA) is 12.9 Å². The van der Waals surface area contributed by atoms with Crippen molar-refractivity contribution in [3.63, 3.8) is 0 Å². The minimum atomic E-state index is -0.769. The Bertz CT molecular complexity index is 200. The Morgan fingerprint density at radius 2 is 2.33 bits per heavy atom. The fourth-order valence-electron chi connectivity index (χ4n) is 0.512. The second kappa shape index (κ2) is 2.53. The second-order valence-corrected chi connectivity index (χ2v) is 1.60. The number of rotatable bonds is 1. The van der Waals surface area contributed by atoms with Gasteiger partial charge in [0.05, 0.1) is 6.20 Å². The van der Waals surface area contributed by atoms with E-state index < -0.39 is 12.5 Å². The molecule has 1 rings (SSSR count). The number of hydrogen-bond donors (Lipinski definition) is 0. The predicted molar refractivity (Wildman–Crippen MR) is 29.0 cm³/mol. The highest BCUT2D eigenvalue weighted by Crippen LogP contribution is 2.04. The van der Waals surface area contributed by atoms with E-state index >= 15 is 0 Å². The Morgan fingerprint density at radius 3 is 2.78 bits per heavy atom. The second-order valence-electron chi connectivity index (χ2n) is 1.60. The highest BCUT2D eigenvalue weighted by molar-refractivity contribution is 5.10. The van der Waals surface area contributed by atoms with Crippen molar-refractivity contribution < 1.29 is 8.78 Å². The van der Waals surface area contributed by atoms with E-state index in [4.69, 9.17) is 0 Å². The summed E-state index contributed by atoms with van der Waals surface area (Å²) in [6, 6.07) is 1.31. The van der Waals surface area contributed by atoms with Gasteiger partial charge >= 0.3 is 0 Å². The molecule has 0 aliphatic heterocycles. The molecular formula is C6H5F2N. The summed E-state index contributed by atoms with van der Waals surface area (Å²) in [5.41, 5.74) is 0.0602. The van der Waals surface area contributed by atoms with E-state index in [-0.39, 0.29) is 5.56 Å². The first-order valence-electron chi connectivity index (χ1n) is 2.49. The highest BCUT2D eigenvalue weighted by Gasteiger charge is 1.97. The zero-order valence-electron chi connectivity index (χ0n) is 4.64. The standard InChI is InChI=1S/C6H5F2N/c7-3-5-1-2-9-4-6(5)8/h1-2,4H,3H2. The maximum Gasteiger partial charge on any atom is 0.147 e. The Morgan fingerprint density at radius 1 is 1.56 bits per heavy atom. The molecule has 0 aliphatic rings. The molecular weight excluding hydrogens is 124 g/mol. The molecule has 9 heavy (non-hydrogen) atoms. The molecule has 1 heterocycles. The van der Waals surface area contributed by atoms with Gasteiger partial charge < -0.3 is 0 Å². The smallest absolute Gasteiger partial charge is 0.147 e. The van der Waals surface area contributed by atoms with Crippen molar-refractivity contribution in [2.75, 3.05) is 0 Å². The molecule has 1 nitrogen and oxygen atoms in total. The van der Waals surface area contributed by atoms with Crippen molar-refractivity contribution in [2.24, 2.45) is 0 Å². The molecule has 48 valence electrons. The van der Waals surface area contributed by atoms with Crippen molar-refractivity contribution >= 4 is 0 Å². The summed E-state index contributed by atoms with van der Waals surface area (Å²) in [6.07, 6.45) is 2.35. The van der Waals surface area contributed by atoms with Crippen molar-refractivity contribution in [3.8, 4) is 0 Å². The molecule has 0 fully saturated rings. The van der Waals surface area contributed by atoms with Gasteiger partial charge in [-0.3, -0.25) is 4.98 Å². The molecule has 0 bridgehead atoms. The van der Waals surface area contributed by atoms with Crippen LogP contribution in [0.2, 0.25) is 0 Å². The summed E-state index contributed by atoms with van der Waals surface area (Å²) >= 11 is 0. The van der Waals surface area contributed by atoms with Crippen LogP contribution in [0.1, 0.15) is 5.56 Å². The van der Waals surface area contributed by atoms with Crippen molar-refractivity contribution in [2.45, 2.75) is 6.67 Å². The molecule has 1 aromatic heterocycles. The molecule has 0 atom stereocenters. The van der Waals surface area contributed by atoms with E-state index in [2.05, 4.69) is 4.98 Å². The molecule has 3 heteroatoms. The lowest BCUT2D eigenvalue weighted by atomic mass is 10.3. The molecule has 0 saturated heterocycles. The fourth-order valence-corrected chi connectivity index (χ4v) is 0.512. The number of halogens is 2. The number of nitrogens with zero attached hydrogens (tertiary/aromatic N) is 1. The Balaban J connectivity index is 3.01. The molecule has 0 spiro atoms. The third-order valence-electron chi connectivity index (χ3n) is 1.00. The largest absolute Gasteiger partial charge is 0.262 e. The van der Waals surface area contributed by atoms with Crippen LogP contribution in [0.25, 0.3) is 0 Å². The Kier molecular flexibility index (Phi) is 1.72. The quantitative estimate of drug-likeness (QED) is 0.562. The maximum absolute atomic E-state index is 12.3. The normalized spacial score (nSPS) is 9.56. The zero-order valence-corrected chi connectivity index (χ0v) is 4.64. The molecule has 0 unspecified atom stereocenters. The van der Waals surface area contributed by atoms with Gasteiger partial charge in [0.15, 0.2) is 0 Å². The first-order chi connectivity index (χ1) is 4.34. The number of pyridine rings is 1. The molecule has 1 aromatic rings.